The first-order valence-corrected chi connectivity index (χ1v) is 7.52. The van der Waals surface area contributed by atoms with E-state index in [1.54, 1.807) is 4.90 Å². The second-order valence-electron chi connectivity index (χ2n) is 5.29. The van der Waals surface area contributed by atoms with Gasteiger partial charge in [0.25, 0.3) is 0 Å². The average Bonchev–Trinajstić information content (AvgIpc) is 2.90. The van der Waals surface area contributed by atoms with Crippen LogP contribution in [0, 0.1) is 0 Å². The molecule has 3 N–H and O–H groups in total. The summed E-state index contributed by atoms with van der Waals surface area (Å²) < 4.78 is 0. The van der Waals surface area contributed by atoms with Crippen LogP contribution in [0.5, 0.6) is 0 Å². The molecule has 0 aromatic carbocycles. The fourth-order valence-electron chi connectivity index (χ4n) is 2.65. The first-order valence-electron chi connectivity index (χ1n) is 7.52. The third kappa shape index (κ3) is 4.61. The Bertz CT molecular complexity index is 388. The van der Waals surface area contributed by atoms with Crippen LogP contribution in [0.15, 0.2) is 0 Å². The van der Waals surface area contributed by atoms with Crippen LogP contribution < -0.4 is 10.6 Å². The van der Waals surface area contributed by atoms with E-state index in [1.807, 2.05) is 13.8 Å². The number of carbonyl (C=O) groups excluding carboxylic acids is 2. The molecule has 3 amide bonds. The molecule has 1 aliphatic rings. The van der Waals surface area contributed by atoms with E-state index < -0.39 is 17.5 Å². The molecule has 0 unspecified atom stereocenters. The first kappa shape index (κ1) is 17.3. The van der Waals surface area contributed by atoms with Gasteiger partial charge in [-0.3, -0.25) is 4.79 Å². The normalized spacial score (nSPS) is 16.3. The fourth-order valence-corrected chi connectivity index (χ4v) is 2.65. The maximum Gasteiger partial charge on any atom is 0.329 e. The van der Waals surface area contributed by atoms with Crippen LogP contribution in [0.25, 0.3) is 0 Å². The van der Waals surface area contributed by atoms with Gasteiger partial charge in [0.1, 0.15) is 5.54 Å². The number of carboxylic acid groups (broad SMARTS) is 1. The van der Waals surface area contributed by atoms with E-state index in [1.165, 1.54) is 0 Å². The van der Waals surface area contributed by atoms with Crippen LogP contribution in [0.1, 0.15) is 46.0 Å². The highest BCUT2D eigenvalue weighted by atomic mass is 16.4. The number of nitrogens with zero attached hydrogens (tertiary/aromatic N) is 1. The lowest BCUT2D eigenvalue weighted by molar-refractivity contribution is -0.144. The van der Waals surface area contributed by atoms with Crippen LogP contribution in [0.3, 0.4) is 0 Å². The monoisotopic (exact) mass is 299 g/mol. The van der Waals surface area contributed by atoms with E-state index in [0.717, 1.165) is 12.8 Å². The van der Waals surface area contributed by atoms with E-state index in [9.17, 15) is 19.5 Å². The third-order valence-corrected chi connectivity index (χ3v) is 3.96. The van der Waals surface area contributed by atoms with Crippen molar-refractivity contribution < 1.29 is 19.5 Å². The van der Waals surface area contributed by atoms with Gasteiger partial charge in [-0.25, -0.2) is 9.59 Å². The number of amides is 3. The van der Waals surface area contributed by atoms with E-state index >= 15 is 0 Å². The van der Waals surface area contributed by atoms with Crippen molar-refractivity contribution >= 4 is 17.9 Å². The predicted octanol–water partition coefficient (Wildman–Crippen LogP) is 0.941. The predicted molar refractivity (Wildman–Crippen MR) is 77.9 cm³/mol. The summed E-state index contributed by atoms with van der Waals surface area (Å²) in [6, 6.07) is -0.522. The van der Waals surface area contributed by atoms with Gasteiger partial charge in [0, 0.05) is 26.1 Å². The molecule has 1 rings (SSSR count). The molecule has 0 bridgehead atoms. The lowest BCUT2D eigenvalue weighted by Crippen LogP contribution is -2.55. The Morgan fingerprint density at radius 3 is 2.19 bits per heavy atom. The smallest absolute Gasteiger partial charge is 0.329 e. The Morgan fingerprint density at radius 2 is 1.71 bits per heavy atom. The van der Waals surface area contributed by atoms with Crippen molar-refractivity contribution in [3.63, 3.8) is 0 Å². The fraction of sp³-hybridized carbons (Fsp3) is 0.786. The van der Waals surface area contributed by atoms with E-state index in [2.05, 4.69) is 10.6 Å². The van der Waals surface area contributed by atoms with Gasteiger partial charge in [0.15, 0.2) is 0 Å². The molecule has 0 atom stereocenters. The Balaban J connectivity index is 2.37. The second-order valence-corrected chi connectivity index (χ2v) is 5.29. The average molecular weight is 299 g/mol. The van der Waals surface area contributed by atoms with Gasteiger partial charge >= 0.3 is 12.0 Å². The SMILES string of the molecule is CCN(CC)C(=O)CCNC(=O)NC1(C(=O)O)CCCC1. The van der Waals surface area contributed by atoms with Crippen molar-refractivity contribution in [2.75, 3.05) is 19.6 Å². The van der Waals surface area contributed by atoms with Gasteiger partial charge in [-0.15, -0.1) is 0 Å². The van der Waals surface area contributed by atoms with Crippen LogP contribution in [-0.2, 0) is 9.59 Å². The van der Waals surface area contributed by atoms with Crippen molar-refractivity contribution in [1.82, 2.24) is 15.5 Å². The van der Waals surface area contributed by atoms with Crippen molar-refractivity contribution in [1.29, 1.82) is 0 Å². The van der Waals surface area contributed by atoms with Gasteiger partial charge in [0.2, 0.25) is 5.91 Å². The lowest BCUT2D eigenvalue weighted by Gasteiger charge is -2.25. The van der Waals surface area contributed by atoms with Gasteiger partial charge in [-0.05, 0) is 26.7 Å². The van der Waals surface area contributed by atoms with Gasteiger partial charge in [0.05, 0.1) is 0 Å². The molecule has 7 nitrogen and oxygen atoms in total. The van der Waals surface area contributed by atoms with Gasteiger partial charge in [-0.2, -0.15) is 0 Å². The largest absolute Gasteiger partial charge is 0.480 e. The molecule has 1 aliphatic carbocycles. The molecule has 0 heterocycles. The Hall–Kier alpha value is -1.79. The minimum atomic E-state index is -1.15. The number of urea groups is 1. The van der Waals surface area contributed by atoms with Crippen LogP contribution in [0.2, 0.25) is 0 Å². The van der Waals surface area contributed by atoms with Crippen molar-refractivity contribution in [2.45, 2.75) is 51.5 Å². The summed E-state index contributed by atoms with van der Waals surface area (Å²) in [7, 11) is 0. The summed E-state index contributed by atoms with van der Waals surface area (Å²) in [5.74, 6) is -1.01. The van der Waals surface area contributed by atoms with Crippen LogP contribution in [0.4, 0.5) is 4.79 Å². The molecule has 0 spiro atoms. The second kappa shape index (κ2) is 7.85. The standard InChI is InChI=1S/C14H25N3O4/c1-3-17(4-2)11(18)7-10-15-13(21)16-14(12(19)20)8-5-6-9-14/h3-10H2,1-2H3,(H,19,20)(H2,15,16,21). The molecule has 1 saturated carbocycles. The highest BCUT2D eigenvalue weighted by Gasteiger charge is 2.42. The maximum absolute atomic E-state index is 11.8. The topological polar surface area (TPSA) is 98.7 Å². The summed E-state index contributed by atoms with van der Waals surface area (Å²) in [5, 5.41) is 14.4. The van der Waals surface area contributed by atoms with E-state index in [4.69, 9.17) is 0 Å². The number of aliphatic carboxylic acids is 1. The molecule has 21 heavy (non-hydrogen) atoms. The van der Waals surface area contributed by atoms with Crippen LogP contribution >= 0.6 is 0 Å². The minimum Gasteiger partial charge on any atom is -0.480 e. The number of rotatable bonds is 7. The number of hydrogen-bond donors (Lipinski definition) is 3. The first-order chi connectivity index (χ1) is 9.95. The lowest BCUT2D eigenvalue weighted by atomic mass is 9.98. The van der Waals surface area contributed by atoms with Crippen molar-refractivity contribution in [2.24, 2.45) is 0 Å². The summed E-state index contributed by atoms with van der Waals surface area (Å²) in [6.07, 6.45) is 2.72. The molecule has 0 saturated heterocycles. The highest BCUT2D eigenvalue weighted by Crippen LogP contribution is 2.29. The zero-order chi connectivity index (χ0) is 15.9. The molecule has 0 aliphatic heterocycles. The quantitative estimate of drug-likeness (QED) is 0.651. The third-order valence-electron chi connectivity index (χ3n) is 3.96. The summed E-state index contributed by atoms with van der Waals surface area (Å²) in [4.78, 5) is 36.5. The number of carboxylic acids is 1. The zero-order valence-electron chi connectivity index (χ0n) is 12.8. The molecule has 7 heteroatoms. The van der Waals surface area contributed by atoms with Gasteiger partial charge < -0.3 is 20.6 Å². The zero-order valence-corrected chi connectivity index (χ0v) is 12.8. The Morgan fingerprint density at radius 1 is 1.14 bits per heavy atom. The summed E-state index contributed by atoms with van der Waals surface area (Å²) in [5.41, 5.74) is -1.15. The molecule has 0 aromatic rings. The molecule has 0 aromatic heterocycles. The van der Waals surface area contributed by atoms with Crippen molar-refractivity contribution in [3.05, 3.63) is 0 Å². The number of carbonyl (C=O) groups is 3. The molecular weight excluding hydrogens is 274 g/mol. The Labute approximate surface area is 125 Å². The maximum atomic E-state index is 11.8. The molecular formula is C14H25N3O4. The van der Waals surface area contributed by atoms with Crippen LogP contribution in [-0.4, -0.2) is 53.1 Å². The van der Waals surface area contributed by atoms with E-state index in [0.29, 0.717) is 25.9 Å². The molecule has 1 fully saturated rings. The minimum absolute atomic E-state index is 0.0193. The Kier molecular flexibility index (Phi) is 6.45. The van der Waals surface area contributed by atoms with Crippen molar-refractivity contribution in [3.8, 4) is 0 Å². The van der Waals surface area contributed by atoms with E-state index in [-0.39, 0.29) is 18.9 Å². The number of nitrogens with one attached hydrogen (secondary N) is 2. The molecule has 120 valence electrons. The highest BCUT2D eigenvalue weighted by molar-refractivity contribution is 5.86. The molecule has 0 radical (unpaired) electrons. The summed E-state index contributed by atoms with van der Waals surface area (Å²) in [6.45, 7) is 5.29. The number of hydrogen-bond acceptors (Lipinski definition) is 3. The van der Waals surface area contributed by atoms with Gasteiger partial charge in [-0.1, -0.05) is 12.8 Å². The summed E-state index contributed by atoms with van der Waals surface area (Å²) >= 11 is 0.